The van der Waals surface area contributed by atoms with Crippen molar-refractivity contribution in [1.82, 2.24) is 19.5 Å². The van der Waals surface area contributed by atoms with E-state index in [0.717, 1.165) is 49.8 Å². The number of aromatic nitrogens is 4. The molecule has 3 aromatic heterocycles. The van der Waals surface area contributed by atoms with Gasteiger partial charge in [-0.05, 0) is 81.4 Å². The SMILES string of the molecule is c1ccc(-c2nc(-c3cccc(-n4c5ccccc5c5ccc6c(c54)-c4ccccc4C64c5ccccc5-c5ccccc54)c3)nc(-c3ccc4oc5ccccc5c4c3)n2)cc1. The molecule has 292 valence electrons. The molecule has 2 aliphatic carbocycles. The highest BCUT2D eigenvalue weighted by Crippen LogP contribution is 2.64. The van der Waals surface area contributed by atoms with E-state index in [1.54, 1.807) is 0 Å². The lowest BCUT2D eigenvalue weighted by Crippen LogP contribution is -2.25. The quantitative estimate of drug-likeness (QED) is 0.178. The van der Waals surface area contributed by atoms with Gasteiger partial charge in [0.05, 0.1) is 16.4 Å². The summed E-state index contributed by atoms with van der Waals surface area (Å²) in [6, 6.07) is 73.8. The summed E-state index contributed by atoms with van der Waals surface area (Å²) in [5.41, 5.74) is 17.8. The average Bonchev–Trinajstić information content (AvgIpc) is 4.08. The molecule has 14 rings (SSSR count). The molecule has 0 fully saturated rings. The van der Waals surface area contributed by atoms with Crippen LogP contribution in [0.2, 0.25) is 0 Å². The monoisotopic (exact) mass is 802 g/mol. The van der Waals surface area contributed by atoms with Crippen molar-refractivity contribution in [2.75, 3.05) is 0 Å². The fraction of sp³-hybridized carbons (Fsp3) is 0.0172. The Balaban J connectivity index is 1.01. The predicted molar refractivity (Wildman–Crippen MR) is 254 cm³/mol. The van der Waals surface area contributed by atoms with Crippen molar-refractivity contribution in [2.24, 2.45) is 0 Å². The molecule has 3 heterocycles. The summed E-state index contributed by atoms with van der Waals surface area (Å²) in [5.74, 6) is 1.82. The van der Waals surface area contributed by atoms with Crippen molar-refractivity contribution >= 4 is 43.7 Å². The second-order valence-electron chi connectivity index (χ2n) is 16.7. The molecular formula is C58H34N4O. The highest BCUT2D eigenvalue weighted by atomic mass is 16.3. The maximum atomic E-state index is 6.19. The first-order valence-electron chi connectivity index (χ1n) is 21.4. The maximum absolute atomic E-state index is 6.19. The van der Waals surface area contributed by atoms with E-state index in [4.69, 9.17) is 19.4 Å². The molecule has 0 radical (unpaired) electrons. The van der Waals surface area contributed by atoms with Crippen LogP contribution in [0, 0.1) is 0 Å². The van der Waals surface area contributed by atoms with Crippen molar-refractivity contribution in [3.8, 4) is 62.1 Å². The number of nitrogens with zero attached hydrogens (tertiary/aromatic N) is 4. The fourth-order valence-electron chi connectivity index (χ4n) is 10.9. The van der Waals surface area contributed by atoms with Gasteiger partial charge in [-0.3, -0.25) is 0 Å². The van der Waals surface area contributed by atoms with Gasteiger partial charge in [-0.25, -0.2) is 15.0 Å². The molecule has 63 heavy (non-hydrogen) atoms. The summed E-state index contributed by atoms with van der Waals surface area (Å²) in [7, 11) is 0. The first kappa shape index (κ1) is 34.3. The Labute approximate surface area is 362 Å². The van der Waals surface area contributed by atoms with E-state index < -0.39 is 5.41 Å². The zero-order chi connectivity index (χ0) is 41.2. The Morgan fingerprint density at radius 2 is 0.937 bits per heavy atom. The molecule has 0 saturated heterocycles. The van der Waals surface area contributed by atoms with Crippen LogP contribution >= 0.6 is 0 Å². The Kier molecular flexibility index (Phi) is 6.97. The lowest BCUT2D eigenvalue weighted by molar-refractivity contribution is 0.669. The zero-order valence-electron chi connectivity index (χ0n) is 33.8. The van der Waals surface area contributed by atoms with Gasteiger partial charge in [-0.15, -0.1) is 0 Å². The molecule has 12 aromatic rings. The van der Waals surface area contributed by atoms with Crippen molar-refractivity contribution < 1.29 is 4.42 Å². The third kappa shape index (κ3) is 4.68. The smallest absolute Gasteiger partial charge is 0.164 e. The lowest BCUT2D eigenvalue weighted by atomic mass is 9.70. The minimum Gasteiger partial charge on any atom is -0.456 e. The molecule has 0 saturated carbocycles. The zero-order valence-corrected chi connectivity index (χ0v) is 33.8. The summed E-state index contributed by atoms with van der Waals surface area (Å²) < 4.78 is 8.66. The summed E-state index contributed by atoms with van der Waals surface area (Å²) in [4.78, 5) is 15.5. The largest absolute Gasteiger partial charge is 0.456 e. The average molecular weight is 803 g/mol. The van der Waals surface area contributed by atoms with Gasteiger partial charge in [0.15, 0.2) is 17.5 Å². The Morgan fingerprint density at radius 3 is 1.70 bits per heavy atom. The highest BCUT2D eigenvalue weighted by molar-refractivity contribution is 6.16. The van der Waals surface area contributed by atoms with Crippen LogP contribution in [-0.2, 0) is 5.41 Å². The molecule has 0 atom stereocenters. The first-order valence-corrected chi connectivity index (χ1v) is 21.4. The van der Waals surface area contributed by atoms with Gasteiger partial charge >= 0.3 is 0 Å². The van der Waals surface area contributed by atoms with E-state index in [0.29, 0.717) is 17.5 Å². The van der Waals surface area contributed by atoms with Crippen LogP contribution in [0.25, 0.3) is 106 Å². The molecule has 0 bridgehead atoms. The normalized spacial score (nSPS) is 13.2. The molecule has 0 aliphatic heterocycles. The van der Waals surface area contributed by atoms with Crippen molar-refractivity contribution in [3.63, 3.8) is 0 Å². The predicted octanol–water partition coefficient (Wildman–Crippen LogP) is 14.2. The number of para-hydroxylation sites is 2. The van der Waals surface area contributed by atoms with Crippen molar-refractivity contribution in [1.29, 1.82) is 0 Å². The maximum Gasteiger partial charge on any atom is 0.164 e. The molecule has 0 N–H and O–H groups in total. The minimum absolute atomic E-state index is 0.447. The van der Waals surface area contributed by atoms with Crippen molar-refractivity contribution in [2.45, 2.75) is 5.41 Å². The van der Waals surface area contributed by atoms with E-state index in [1.807, 2.05) is 48.5 Å². The van der Waals surface area contributed by atoms with Crippen molar-refractivity contribution in [3.05, 3.63) is 229 Å². The molecule has 5 nitrogen and oxygen atoms in total. The first-order chi connectivity index (χ1) is 31.2. The molecular weight excluding hydrogens is 769 g/mol. The standard InChI is InChI=1S/C58H34N4O/c1-2-15-35(16-3-1)55-59-56(61-57(60-55)37-29-32-52-45(34-37)42-22-8-13-28-51(42)63-52)36-17-14-18-38(33-36)62-50-27-12-7-21-41(50)43-30-31-49-53(54(43)62)44-23-6-11-26-48(44)58(49)46-24-9-4-19-39(46)40-20-5-10-25-47(40)58/h1-34H. The van der Waals surface area contributed by atoms with Crippen LogP contribution < -0.4 is 0 Å². The molecule has 5 heteroatoms. The number of rotatable bonds is 4. The van der Waals surface area contributed by atoms with Gasteiger partial charge in [-0.1, -0.05) is 164 Å². The lowest BCUT2D eigenvalue weighted by Gasteiger charge is -2.30. The Morgan fingerprint density at radius 1 is 0.365 bits per heavy atom. The van der Waals surface area contributed by atoms with Crippen LogP contribution in [0.15, 0.2) is 211 Å². The van der Waals surface area contributed by atoms with Crippen LogP contribution in [0.1, 0.15) is 22.3 Å². The summed E-state index contributed by atoms with van der Waals surface area (Å²) in [6.07, 6.45) is 0. The third-order valence-corrected chi connectivity index (χ3v) is 13.5. The van der Waals surface area contributed by atoms with Gasteiger partial charge in [0.2, 0.25) is 0 Å². The Hall–Kier alpha value is -8.41. The summed E-state index contributed by atoms with van der Waals surface area (Å²) in [5, 5.41) is 4.52. The minimum atomic E-state index is -0.447. The van der Waals surface area contributed by atoms with Gasteiger partial charge < -0.3 is 8.98 Å². The van der Waals surface area contributed by atoms with E-state index in [2.05, 4.69) is 162 Å². The van der Waals surface area contributed by atoms with E-state index in [1.165, 1.54) is 60.8 Å². The van der Waals surface area contributed by atoms with Gasteiger partial charge in [0.25, 0.3) is 0 Å². The van der Waals surface area contributed by atoms with Crippen LogP contribution in [-0.4, -0.2) is 19.5 Å². The number of fused-ring (bicyclic) bond motifs is 17. The van der Waals surface area contributed by atoms with Crippen LogP contribution in [0.3, 0.4) is 0 Å². The van der Waals surface area contributed by atoms with Crippen LogP contribution in [0.4, 0.5) is 0 Å². The number of hydrogen-bond acceptors (Lipinski definition) is 4. The van der Waals surface area contributed by atoms with Gasteiger partial charge in [0.1, 0.15) is 11.2 Å². The van der Waals surface area contributed by atoms with E-state index in [-0.39, 0.29) is 0 Å². The highest BCUT2D eigenvalue weighted by Gasteiger charge is 2.52. The third-order valence-electron chi connectivity index (χ3n) is 13.5. The van der Waals surface area contributed by atoms with E-state index in [9.17, 15) is 0 Å². The molecule has 2 aliphatic rings. The summed E-state index contributed by atoms with van der Waals surface area (Å²) >= 11 is 0. The topological polar surface area (TPSA) is 56.7 Å². The van der Waals surface area contributed by atoms with E-state index >= 15 is 0 Å². The Bertz CT molecular complexity index is 3830. The molecule has 1 spiro atoms. The number of hydrogen-bond donors (Lipinski definition) is 0. The summed E-state index contributed by atoms with van der Waals surface area (Å²) in [6.45, 7) is 0. The second-order valence-corrected chi connectivity index (χ2v) is 16.7. The number of furan rings is 1. The molecule has 0 unspecified atom stereocenters. The molecule has 0 amide bonds. The van der Waals surface area contributed by atoms with Crippen LogP contribution in [0.5, 0.6) is 0 Å². The van der Waals surface area contributed by atoms with Gasteiger partial charge in [0, 0.05) is 49.5 Å². The van der Waals surface area contributed by atoms with Gasteiger partial charge in [-0.2, -0.15) is 0 Å². The number of benzene rings is 9. The fourth-order valence-corrected chi connectivity index (χ4v) is 10.9. The molecule has 9 aromatic carbocycles. The second kappa shape index (κ2) is 12.8.